The molecular weight excluding hydrogens is 517 g/mol. The third-order valence-corrected chi connectivity index (χ3v) is 4.60. The Kier molecular flexibility index (Phi) is 9.38. The SMILES string of the molecule is CN=C(NCCc1nc(-c2ccc(Cl)cc2)no1)N(C)Cc1ccc(OC)cc1.I. The number of ether oxygens (including phenoxy) is 1. The van der Waals surface area contributed by atoms with Gasteiger partial charge in [-0.1, -0.05) is 28.9 Å². The summed E-state index contributed by atoms with van der Waals surface area (Å²) in [6.45, 7) is 1.35. The van der Waals surface area contributed by atoms with E-state index < -0.39 is 0 Å². The summed E-state index contributed by atoms with van der Waals surface area (Å²) in [4.78, 5) is 10.8. The number of benzene rings is 2. The van der Waals surface area contributed by atoms with Crippen LogP contribution in [0.1, 0.15) is 11.5 Å². The average Bonchev–Trinajstić information content (AvgIpc) is 3.21. The van der Waals surface area contributed by atoms with Crippen LogP contribution in [0.5, 0.6) is 5.75 Å². The zero-order chi connectivity index (χ0) is 20.6. The van der Waals surface area contributed by atoms with Gasteiger partial charge in [-0.25, -0.2) is 0 Å². The summed E-state index contributed by atoms with van der Waals surface area (Å²) in [7, 11) is 5.41. The van der Waals surface area contributed by atoms with Crippen molar-refractivity contribution in [1.29, 1.82) is 0 Å². The number of rotatable bonds is 7. The number of nitrogens with zero attached hydrogens (tertiary/aromatic N) is 4. The van der Waals surface area contributed by atoms with Gasteiger partial charge in [0, 0.05) is 44.2 Å². The number of guanidine groups is 1. The van der Waals surface area contributed by atoms with Gasteiger partial charge in [0.05, 0.1) is 7.11 Å². The molecule has 3 aromatic rings. The summed E-state index contributed by atoms with van der Waals surface area (Å²) in [5, 5.41) is 8.03. The highest BCUT2D eigenvalue weighted by Gasteiger charge is 2.10. The lowest BCUT2D eigenvalue weighted by Crippen LogP contribution is -2.39. The molecule has 0 aliphatic heterocycles. The Morgan fingerprint density at radius 3 is 2.50 bits per heavy atom. The van der Waals surface area contributed by atoms with E-state index in [2.05, 4.69) is 25.3 Å². The molecule has 0 saturated carbocycles. The van der Waals surface area contributed by atoms with Gasteiger partial charge >= 0.3 is 0 Å². The van der Waals surface area contributed by atoms with Gasteiger partial charge in [0.2, 0.25) is 11.7 Å². The monoisotopic (exact) mass is 541 g/mol. The van der Waals surface area contributed by atoms with Crippen LogP contribution in [0.2, 0.25) is 5.02 Å². The van der Waals surface area contributed by atoms with E-state index in [0.717, 1.165) is 23.8 Å². The Balaban J connectivity index is 0.00000320. The Morgan fingerprint density at radius 1 is 1.17 bits per heavy atom. The van der Waals surface area contributed by atoms with Crippen molar-refractivity contribution in [2.24, 2.45) is 4.99 Å². The number of aliphatic imine (C=N–C) groups is 1. The molecule has 0 radical (unpaired) electrons. The highest BCUT2D eigenvalue weighted by atomic mass is 127. The van der Waals surface area contributed by atoms with Crippen LogP contribution in [0.4, 0.5) is 0 Å². The molecule has 9 heteroatoms. The zero-order valence-electron chi connectivity index (χ0n) is 17.1. The van der Waals surface area contributed by atoms with E-state index in [1.165, 1.54) is 5.56 Å². The third-order valence-electron chi connectivity index (χ3n) is 4.34. The predicted molar refractivity (Wildman–Crippen MR) is 130 cm³/mol. The van der Waals surface area contributed by atoms with Gasteiger partial charge in [-0.3, -0.25) is 4.99 Å². The van der Waals surface area contributed by atoms with Crippen molar-refractivity contribution >= 4 is 41.5 Å². The molecule has 160 valence electrons. The van der Waals surface area contributed by atoms with Gasteiger partial charge in [-0.15, -0.1) is 24.0 Å². The molecule has 1 N–H and O–H groups in total. The minimum atomic E-state index is 0. The van der Waals surface area contributed by atoms with Crippen LogP contribution in [-0.2, 0) is 13.0 Å². The molecule has 0 bridgehead atoms. The number of nitrogens with one attached hydrogen (secondary N) is 1. The van der Waals surface area contributed by atoms with Crippen LogP contribution in [0.25, 0.3) is 11.4 Å². The van der Waals surface area contributed by atoms with E-state index in [1.807, 2.05) is 43.4 Å². The van der Waals surface area contributed by atoms with Gasteiger partial charge in [0.25, 0.3) is 0 Å². The number of methoxy groups -OCH3 is 1. The van der Waals surface area contributed by atoms with Crippen LogP contribution in [0.15, 0.2) is 58.0 Å². The molecule has 0 spiro atoms. The fourth-order valence-corrected chi connectivity index (χ4v) is 2.94. The van der Waals surface area contributed by atoms with Crippen LogP contribution in [-0.4, -0.2) is 48.8 Å². The highest BCUT2D eigenvalue weighted by molar-refractivity contribution is 14.0. The lowest BCUT2D eigenvalue weighted by Gasteiger charge is -2.22. The van der Waals surface area contributed by atoms with Crippen molar-refractivity contribution in [3.63, 3.8) is 0 Å². The number of hydrogen-bond acceptors (Lipinski definition) is 5. The molecule has 0 aliphatic carbocycles. The first-order valence-corrected chi connectivity index (χ1v) is 9.60. The number of halogens is 2. The number of aromatic nitrogens is 2. The second-order valence-electron chi connectivity index (χ2n) is 6.45. The first-order valence-electron chi connectivity index (χ1n) is 9.22. The van der Waals surface area contributed by atoms with E-state index in [4.69, 9.17) is 20.9 Å². The van der Waals surface area contributed by atoms with Gasteiger partial charge in [0.1, 0.15) is 5.75 Å². The fourth-order valence-electron chi connectivity index (χ4n) is 2.82. The Bertz CT molecular complexity index is 945. The molecule has 0 fully saturated rings. The van der Waals surface area contributed by atoms with Gasteiger partial charge in [-0.05, 0) is 42.0 Å². The molecule has 30 heavy (non-hydrogen) atoms. The Morgan fingerprint density at radius 2 is 1.87 bits per heavy atom. The average molecular weight is 542 g/mol. The largest absolute Gasteiger partial charge is 0.497 e. The molecular formula is C21H25ClIN5O2. The van der Waals surface area contributed by atoms with Crippen LogP contribution < -0.4 is 10.1 Å². The Hall–Kier alpha value is -2.33. The van der Waals surface area contributed by atoms with Crippen LogP contribution >= 0.6 is 35.6 Å². The lowest BCUT2D eigenvalue weighted by molar-refractivity contribution is 0.377. The topological polar surface area (TPSA) is 75.8 Å². The zero-order valence-corrected chi connectivity index (χ0v) is 20.2. The third kappa shape index (κ3) is 6.60. The molecule has 1 aromatic heterocycles. The highest BCUT2D eigenvalue weighted by Crippen LogP contribution is 2.18. The molecule has 0 atom stereocenters. The van der Waals surface area contributed by atoms with Gasteiger partial charge in [0.15, 0.2) is 5.96 Å². The van der Waals surface area contributed by atoms with Crippen LogP contribution in [0.3, 0.4) is 0 Å². The molecule has 2 aromatic carbocycles. The van der Waals surface area contributed by atoms with Crippen molar-refractivity contribution in [3.05, 3.63) is 65.0 Å². The van der Waals surface area contributed by atoms with E-state index in [9.17, 15) is 0 Å². The van der Waals surface area contributed by atoms with Crippen molar-refractivity contribution in [3.8, 4) is 17.1 Å². The quantitative estimate of drug-likeness (QED) is 0.274. The van der Waals surface area contributed by atoms with E-state index in [1.54, 1.807) is 26.3 Å². The standard InChI is InChI=1S/C21H24ClN5O2.HI/c1-23-21(27(2)14-15-4-10-18(28-3)11-5-15)24-13-12-19-25-20(26-29-19)16-6-8-17(22)9-7-16;/h4-11H,12-14H2,1-3H3,(H,23,24);1H. The molecule has 0 amide bonds. The van der Waals surface area contributed by atoms with Crippen molar-refractivity contribution < 1.29 is 9.26 Å². The predicted octanol–water partition coefficient (Wildman–Crippen LogP) is 4.27. The molecule has 7 nitrogen and oxygen atoms in total. The minimum absolute atomic E-state index is 0. The van der Waals surface area contributed by atoms with E-state index in [-0.39, 0.29) is 24.0 Å². The second-order valence-corrected chi connectivity index (χ2v) is 6.88. The van der Waals surface area contributed by atoms with Crippen LogP contribution in [0, 0.1) is 0 Å². The first-order chi connectivity index (χ1) is 14.1. The first kappa shape index (κ1) is 23.9. The van der Waals surface area contributed by atoms with Gasteiger partial charge < -0.3 is 19.5 Å². The molecule has 1 heterocycles. The van der Waals surface area contributed by atoms with Crippen molar-refractivity contribution in [2.75, 3.05) is 27.7 Å². The second kappa shape index (κ2) is 11.8. The molecule has 0 unspecified atom stereocenters. The maximum atomic E-state index is 5.91. The fraction of sp³-hybridized carbons (Fsp3) is 0.286. The lowest BCUT2D eigenvalue weighted by atomic mass is 10.2. The maximum Gasteiger partial charge on any atom is 0.228 e. The van der Waals surface area contributed by atoms with E-state index >= 15 is 0 Å². The van der Waals surface area contributed by atoms with Gasteiger partial charge in [-0.2, -0.15) is 4.98 Å². The summed E-state index contributed by atoms with van der Waals surface area (Å²) in [6, 6.07) is 15.3. The minimum Gasteiger partial charge on any atom is -0.497 e. The summed E-state index contributed by atoms with van der Waals surface area (Å²) in [5.41, 5.74) is 2.04. The maximum absolute atomic E-state index is 5.91. The van der Waals surface area contributed by atoms with Crippen molar-refractivity contribution in [2.45, 2.75) is 13.0 Å². The normalized spacial score (nSPS) is 11.0. The molecule has 0 aliphatic rings. The smallest absolute Gasteiger partial charge is 0.228 e. The van der Waals surface area contributed by atoms with E-state index in [0.29, 0.717) is 29.7 Å². The molecule has 0 saturated heterocycles. The summed E-state index contributed by atoms with van der Waals surface area (Å²) >= 11 is 5.91. The summed E-state index contributed by atoms with van der Waals surface area (Å²) in [5.74, 6) is 2.75. The summed E-state index contributed by atoms with van der Waals surface area (Å²) < 4.78 is 10.5. The Labute approximate surface area is 198 Å². The van der Waals surface area contributed by atoms with Crippen molar-refractivity contribution in [1.82, 2.24) is 20.4 Å². The number of hydrogen-bond donors (Lipinski definition) is 1. The summed E-state index contributed by atoms with van der Waals surface area (Å²) in [6.07, 6.45) is 0.593. The molecule has 3 rings (SSSR count).